The summed E-state index contributed by atoms with van der Waals surface area (Å²) in [7, 11) is 3.03. The second-order valence-corrected chi connectivity index (χ2v) is 8.73. The van der Waals surface area contributed by atoms with Gasteiger partial charge in [-0.25, -0.2) is 0 Å². The Morgan fingerprint density at radius 2 is 1.69 bits per heavy atom. The first-order valence-corrected chi connectivity index (χ1v) is 11.9. The largest absolute Gasteiger partial charge is 0.493 e. The van der Waals surface area contributed by atoms with E-state index in [1.165, 1.54) is 38.4 Å². The molecule has 1 atom stereocenters. The highest BCUT2D eigenvalue weighted by Gasteiger charge is 2.37. The molecule has 3 aromatic rings. The Hall–Kier alpha value is -4.07. The number of methoxy groups -OCH3 is 2. The van der Waals surface area contributed by atoms with Crippen LogP contribution >= 0.6 is 0 Å². The molecule has 1 aliphatic carbocycles. The predicted octanol–water partition coefficient (Wildman–Crippen LogP) is 4.95. The number of anilines is 1. The lowest BCUT2D eigenvalue weighted by molar-refractivity contribution is -0.123. The third-order valence-corrected chi connectivity index (χ3v) is 6.43. The van der Waals surface area contributed by atoms with Gasteiger partial charge in [-0.3, -0.25) is 19.3 Å². The third-order valence-electron chi connectivity index (χ3n) is 6.43. The fourth-order valence-electron chi connectivity index (χ4n) is 4.66. The van der Waals surface area contributed by atoms with Crippen molar-refractivity contribution in [3.05, 3.63) is 77.7 Å². The van der Waals surface area contributed by atoms with Crippen molar-refractivity contribution < 1.29 is 28.3 Å². The number of nitrogens with zero attached hydrogens (tertiary/aromatic N) is 1. The number of ketones is 1. The Morgan fingerprint density at radius 1 is 0.972 bits per heavy atom. The molecule has 1 saturated carbocycles. The van der Waals surface area contributed by atoms with Crippen molar-refractivity contribution in [3.8, 4) is 11.5 Å². The van der Waals surface area contributed by atoms with E-state index in [1.54, 1.807) is 48.5 Å². The van der Waals surface area contributed by atoms with E-state index in [-0.39, 0.29) is 23.5 Å². The summed E-state index contributed by atoms with van der Waals surface area (Å²) in [6, 6.07) is 13.9. The second kappa shape index (κ2) is 11.1. The van der Waals surface area contributed by atoms with E-state index in [0.29, 0.717) is 28.3 Å². The minimum Gasteiger partial charge on any atom is -0.493 e. The van der Waals surface area contributed by atoms with Crippen LogP contribution in [0.2, 0.25) is 0 Å². The molecule has 1 fully saturated rings. The molecular formula is C28H30N2O6. The molecule has 0 aliphatic heterocycles. The number of carbonyl (C=O) groups is 3. The minimum absolute atomic E-state index is 0.0174. The van der Waals surface area contributed by atoms with Gasteiger partial charge in [0.2, 0.25) is 5.91 Å². The Bertz CT molecular complexity index is 1230. The van der Waals surface area contributed by atoms with Crippen LogP contribution in [-0.4, -0.2) is 37.9 Å². The number of ether oxygens (including phenoxy) is 2. The molecule has 0 bridgehead atoms. The summed E-state index contributed by atoms with van der Waals surface area (Å²) in [6.45, 7) is 1.43. The summed E-state index contributed by atoms with van der Waals surface area (Å²) in [5.41, 5.74) is 1.13. The van der Waals surface area contributed by atoms with Gasteiger partial charge in [0, 0.05) is 11.6 Å². The lowest BCUT2D eigenvalue weighted by Gasteiger charge is -2.33. The molecular weight excluding hydrogens is 460 g/mol. The molecule has 1 aromatic heterocycles. The number of nitrogens with one attached hydrogen (secondary N) is 1. The molecule has 1 heterocycles. The Morgan fingerprint density at radius 3 is 2.33 bits per heavy atom. The normalized spacial score (nSPS) is 14.2. The van der Waals surface area contributed by atoms with Crippen molar-refractivity contribution in [3.63, 3.8) is 0 Å². The number of hydrogen-bond donors (Lipinski definition) is 1. The number of Topliss-reactive ketones (excluding diaryl/α,β-unsaturated/α-hetero) is 1. The van der Waals surface area contributed by atoms with Crippen LogP contribution in [0.5, 0.6) is 11.5 Å². The molecule has 0 unspecified atom stereocenters. The van der Waals surface area contributed by atoms with E-state index in [1.807, 2.05) is 0 Å². The van der Waals surface area contributed by atoms with Crippen molar-refractivity contribution in [1.82, 2.24) is 5.32 Å². The minimum atomic E-state index is -1.11. The van der Waals surface area contributed by atoms with Gasteiger partial charge in [-0.05, 0) is 61.7 Å². The highest BCUT2D eigenvalue weighted by molar-refractivity contribution is 6.12. The van der Waals surface area contributed by atoms with E-state index in [0.717, 1.165) is 25.7 Å². The van der Waals surface area contributed by atoms with E-state index in [4.69, 9.17) is 13.9 Å². The maximum absolute atomic E-state index is 13.9. The van der Waals surface area contributed by atoms with Gasteiger partial charge in [0.15, 0.2) is 23.0 Å². The lowest BCUT2D eigenvalue weighted by Crippen LogP contribution is -2.46. The molecule has 2 amide bonds. The highest BCUT2D eigenvalue weighted by Crippen LogP contribution is 2.37. The summed E-state index contributed by atoms with van der Waals surface area (Å²) in [6.07, 6.45) is 5.22. The Labute approximate surface area is 210 Å². The lowest BCUT2D eigenvalue weighted by atomic mass is 9.99. The highest BCUT2D eigenvalue weighted by atomic mass is 16.5. The van der Waals surface area contributed by atoms with Crippen molar-refractivity contribution in [2.45, 2.75) is 44.7 Å². The van der Waals surface area contributed by atoms with Crippen molar-refractivity contribution >= 4 is 23.3 Å². The molecule has 4 rings (SSSR count). The molecule has 0 spiro atoms. The van der Waals surface area contributed by atoms with E-state index < -0.39 is 11.9 Å². The average Bonchev–Trinajstić information content (AvgIpc) is 3.61. The molecule has 0 radical (unpaired) electrons. The van der Waals surface area contributed by atoms with Crippen molar-refractivity contribution in [2.24, 2.45) is 0 Å². The van der Waals surface area contributed by atoms with E-state index in [2.05, 4.69) is 5.32 Å². The molecule has 1 N–H and O–H groups in total. The fraction of sp³-hybridized carbons (Fsp3) is 0.321. The maximum atomic E-state index is 13.9. The van der Waals surface area contributed by atoms with Crippen LogP contribution in [0.1, 0.15) is 65.1 Å². The van der Waals surface area contributed by atoms with Gasteiger partial charge in [0.25, 0.3) is 5.91 Å². The zero-order valence-corrected chi connectivity index (χ0v) is 20.7. The smallest absolute Gasteiger partial charge is 0.294 e. The van der Waals surface area contributed by atoms with E-state index >= 15 is 0 Å². The van der Waals surface area contributed by atoms with Gasteiger partial charge in [-0.2, -0.15) is 0 Å². The van der Waals surface area contributed by atoms with Crippen LogP contribution < -0.4 is 19.7 Å². The van der Waals surface area contributed by atoms with Gasteiger partial charge >= 0.3 is 0 Å². The monoisotopic (exact) mass is 490 g/mol. The third kappa shape index (κ3) is 5.12. The number of benzene rings is 2. The number of rotatable bonds is 9. The van der Waals surface area contributed by atoms with Crippen LogP contribution in [0.3, 0.4) is 0 Å². The SMILES string of the molecule is COc1ccc([C@@H](C(=O)NC2CCCC2)N(C(=O)c2ccco2)c2ccccc2C(C)=O)cc1OC. The topological polar surface area (TPSA) is 98.1 Å². The molecule has 2 aromatic carbocycles. The Kier molecular flexibility index (Phi) is 7.73. The standard InChI is InChI=1S/C28H30N2O6/c1-18(31)21-11-6-7-12-22(21)30(28(33)24-13-8-16-36-24)26(27(32)29-20-9-4-5-10-20)19-14-15-23(34-2)25(17-19)35-3/h6-8,11-17,20,26H,4-5,9-10H2,1-3H3,(H,29,32)/t26-/m0/s1. The number of amides is 2. The first-order valence-electron chi connectivity index (χ1n) is 11.9. The summed E-state index contributed by atoms with van der Waals surface area (Å²) >= 11 is 0. The zero-order chi connectivity index (χ0) is 25.7. The van der Waals surface area contributed by atoms with Crippen LogP contribution in [0.4, 0.5) is 5.69 Å². The summed E-state index contributed by atoms with van der Waals surface area (Å²) in [4.78, 5) is 41.7. The summed E-state index contributed by atoms with van der Waals surface area (Å²) in [5, 5.41) is 3.12. The molecule has 8 nitrogen and oxygen atoms in total. The number of carbonyl (C=O) groups excluding carboxylic acids is 3. The Balaban J connectivity index is 1.91. The van der Waals surface area contributed by atoms with Gasteiger partial charge in [-0.15, -0.1) is 0 Å². The van der Waals surface area contributed by atoms with Gasteiger partial charge in [0.05, 0.1) is 26.2 Å². The van der Waals surface area contributed by atoms with Crippen LogP contribution in [0.15, 0.2) is 65.3 Å². The van der Waals surface area contributed by atoms with Crippen LogP contribution in [0.25, 0.3) is 0 Å². The first-order chi connectivity index (χ1) is 17.4. The number of hydrogen-bond acceptors (Lipinski definition) is 6. The molecule has 188 valence electrons. The van der Waals surface area contributed by atoms with Gasteiger partial charge in [-0.1, -0.05) is 31.0 Å². The molecule has 1 aliphatic rings. The van der Waals surface area contributed by atoms with Crippen molar-refractivity contribution in [2.75, 3.05) is 19.1 Å². The average molecular weight is 491 g/mol. The van der Waals surface area contributed by atoms with Crippen LogP contribution in [0, 0.1) is 0 Å². The quantitative estimate of drug-likeness (QED) is 0.427. The second-order valence-electron chi connectivity index (χ2n) is 8.73. The maximum Gasteiger partial charge on any atom is 0.294 e. The molecule has 0 saturated heterocycles. The van der Waals surface area contributed by atoms with Gasteiger partial charge in [0.1, 0.15) is 6.04 Å². The van der Waals surface area contributed by atoms with Crippen molar-refractivity contribution in [1.29, 1.82) is 0 Å². The number of para-hydroxylation sites is 1. The summed E-state index contributed by atoms with van der Waals surface area (Å²) < 4.78 is 16.3. The zero-order valence-electron chi connectivity index (χ0n) is 20.7. The van der Waals surface area contributed by atoms with Gasteiger partial charge < -0.3 is 19.2 Å². The number of furan rings is 1. The molecule has 8 heteroatoms. The fourth-order valence-corrected chi connectivity index (χ4v) is 4.66. The van der Waals surface area contributed by atoms with Crippen LogP contribution in [-0.2, 0) is 4.79 Å². The summed E-state index contributed by atoms with van der Waals surface area (Å²) in [5.74, 6) is -0.178. The molecule has 36 heavy (non-hydrogen) atoms. The first kappa shape index (κ1) is 25.0. The van der Waals surface area contributed by atoms with E-state index in [9.17, 15) is 14.4 Å². The predicted molar refractivity (Wildman–Crippen MR) is 135 cm³/mol.